The molecular formula is C47H29N6OS+. The summed E-state index contributed by atoms with van der Waals surface area (Å²) in [7, 11) is 0. The second-order valence-electron chi connectivity index (χ2n) is 13.4. The summed E-state index contributed by atoms with van der Waals surface area (Å²) in [5.41, 5.74) is 10.4. The van der Waals surface area contributed by atoms with Gasteiger partial charge in [-0.3, -0.25) is 0 Å². The van der Waals surface area contributed by atoms with E-state index in [-0.39, 0.29) is 0 Å². The molecular weight excluding hydrogens is 697 g/mol. The van der Waals surface area contributed by atoms with Crippen LogP contribution in [-0.2, 0) is 0 Å². The molecule has 4 aromatic heterocycles. The second-order valence-corrected chi connectivity index (χ2v) is 14.4. The van der Waals surface area contributed by atoms with Crippen molar-refractivity contribution in [2.75, 3.05) is 0 Å². The molecule has 1 N–H and O–H groups in total. The molecule has 0 aliphatic rings. The molecule has 0 aliphatic carbocycles. The highest BCUT2D eigenvalue weighted by atomic mass is 32.1. The minimum absolute atomic E-state index is 0.572. The summed E-state index contributed by atoms with van der Waals surface area (Å²) < 4.78 is 10.2. The van der Waals surface area contributed by atoms with Crippen LogP contribution in [0.15, 0.2) is 174 Å². The van der Waals surface area contributed by atoms with Crippen molar-refractivity contribution >= 4 is 54.5 Å². The van der Waals surface area contributed by atoms with Crippen molar-refractivity contribution in [3.8, 4) is 61.8 Å². The average Bonchev–Trinajstić information content (AvgIpc) is 3.98. The summed E-state index contributed by atoms with van der Waals surface area (Å²) in [5.74, 6) is 2.69. The number of aromatic amines is 1. The third-order valence-corrected chi connectivity index (χ3v) is 11.1. The summed E-state index contributed by atoms with van der Waals surface area (Å²) >= 11 is 1.69. The van der Waals surface area contributed by atoms with Gasteiger partial charge in [-0.1, -0.05) is 121 Å². The van der Waals surface area contributed by atoms with Gasteiger partial charge < -0.3 is 4.42 Å². The molecule has 0 spiro atoms. The van der Waals surface area contributed by atoms with E-state index in [9.17, 15) is 0 Å². The van der Waals surface area contributed by atoms with Crippen molar-refractivity contribution in [2.45, 2.75) is 0 Å². The van der Waals surface area contributed by atoms with Crippen LogP contribution in [0.25, 0.3) is 105 Å². The number of fused-ring (bicyclic) bond motifs is 5. The number of aromatic nitrogens is 6. The predicted octanol–water partition coefficient (Wildman–Crippen LogP) is 11.5. The first-order valence-electron chi connectivity index (χ1n) is 18.1. The summed E-state index contributed by atoms with van der Waals surface area (Å²) in [6, 6.07) is 57.8. The molecule has 7 nitrogen and oxygen atoms in total. The van der Waals surface area contributed by atoms with Gasteiger partial charge in [-0.25, -0.2) is 24.9 Å². The van der Waals surface area contributed by atoms with Crippen LogP contribution in [-0.4, -0.2) is 24.9 Å². The molecule has 4 heterocycles. The zero-order valence-electron chi connectivity index (χ0n) is 29.2. The molecule has 0 aliphatic heterocycles. The number of furan rings is 1. The number of para-hydroxylation sites is 5. The van der Waals surface area contributed by atoms with E-state index >= 15 is 0 Å². The van der Waals surface area contributed by atoms with E-state index in [4.69, 9.17) is 24.4 Å². The number of H-pyrrole nitrogens is 1. The molecule has 0 bridgehead atoms. The maximum absolute atomic E-state index is 6.78. The fourth-order valence-electron chi connectivity index (χ4n) is 7.43. The van der Waals surface area contributed by atoms with Gasteiger partial charge in [-0.15, -0.1) is 11.3 Å². The van der Waals surface area contributed by atoms with E-state index < -0.39 is 0 Å². The first kappa shape index (κ1) is 31.3. The quantitative estimate of drug-likeness (QED) is 0.173. The zero-order valence-corrected chi connectivity index (χ0v) is 30.0. The molecule has 0 unspecified atom stereocenters. The Morgan fingerprint density at radius 2 is 1.16 bits per heavy atom. The van der Waals surface area contributed by atoms with Crippen molar-refractivity contribution in [1.82, 2.24) is 24.9 Å². The zero-order chi connectivity index (χ0) is 36.3. The van der Waals surface area contributed by atoms with Gasteiger partial charge >= 0.3 is 0 Å². The molecule has 11 aromatic rings. The van der Waals surface area contributed by atoms with Gasteiger partial charge in [-0.05, 0) is 48.5 Å². The minimum Gasteiger partial charge on any atom is -0.455 e. The Bertz CT molecular complexity index is 3170. The third kappa shape index (κ3) is 5.30. The number of imidazole rings is 1. The molecule has 11 rings (SSSR count). The molecule has 0 radical (unpaired) electrons. The van der Waals surface area contributed by atoms with Crippen molar-refractivity contribution < 1.29 is 8.98 Å². The molecule has 0 fully saturated rings. The first-order chi connectivity index (χ1) is 27.2. The standard InChI is InChI=1S/C47H28N6OS/c1-3-13-29(14-4-1)43-50-44(30-25-27-31(28-26-30)47-49-37-21-8-10-24-40(37)55-47)52-45(51-43)34-18-12-23-39-41(34)33-17-11-19-35(42(33)54-39)46-48-36-20-7-9-22-38(36)53(46)32-15-5-2-6-16-32/h1-28H/p+1. The van der Waals surface area contributed by atoms with Crippen molar-refractivity contribution in [2.24, 2.45) is 0 Å². The summed E-state index contributed by atoms with van der Waals surface area (Å²) in [5, 5.41) is 2.91. The van der Waals surface area contributed by atoms with Crippen LogP contribution in [0.5, 0.6) is 0 Å². The highest BCUT2D eigenvalue weighted by Crippen LogP contribution is 2.40. The molecule has 8 heteroatoms. The van der Waals surface area contributed by atoms with Crippen LogP contribution in [0, 0.1) is 0 Å². The maximum Gasteiger partial charge on any atom is 0.296 e. The predicted molar refractivity (Wildman–Crippen MR) is 221 cm³/mol. The van der Waals surface area contributed by atoms with Gasteiger partial charge in [0.05, 0.1) is 10.2 Å². The van der Waals surface area contributed by atoms with Crippen LogP contribution < -0.4 is 4.57 Å². The van der Waals surface area contributed by atoms with Crippen LogP contribution in [0.3, 0.4) is 0 Å². The Morgan fingerprint density at radius 1 is 0.509 bits per heavy atom. The lowest BCUT2D eigenvalue weighted by atomic mass is 10.0. The van der Waals surface area contributed by atoms with E-state index in [2.05, 4.69) is 119 Å². The van der Waals surface area contributed by atoms with Gasteiger partial charge in [0.1, 0.15) is 21.8 Å². The number of benzene rings is 7. The van der Waals surface area contributed by atoms with Gasteiger partial charge in [0.25, 0.3) is 5.82 Å². The Hall–Kier alpha value is -7.29. The fourth-order valence-corrected chi connectivity index (χ4v) is 8.40. The second kappa shape index (κ2) is 12.7. The lowest BCUT2D eigenvalue weighted by Crippen LogP contribution is -2.31. The largest absolute Gasteiger partial charge is 0.455 e. The van der Waals surface area contributed by atoms with Gasteiger partial charge in [0.2, 0.25) is 0 Å². The minimum atomic E-state index is 0.572. The van der Waals surface area contributed by atoms with Crippen LogP contribution >= 0.6 is 11.3 Å². The number of nitrogens with zero attached hydrogens (tertiary/aromatic N) is 5. The SMILES string of the molecule is c1ccc(-c2nc(-c3ccc(-c4nc5ccccc5s4)cc3)nc(-c3cccc4oc5c(-c6[nH]c7ccccc7[n+]6-c6ccccc6)cccc5c34)n2)cc1. The van der Waals surface area contributed by atoms with E-state index in [0.717, 1.165) is 82.8 Å². The summed E-state index contributed by atoms with van der Waals surface area (Å²) in [4.78, 5) is 23.8. The topological polar surface area (TPSA) is 84.4 Å². The Balaban J connectivity index is 1.08. The highest BCUT2D eigenvalue weighted by Gasteiger charge is 2.26. The normalized spacial score (nSPS) is 11.6. The highest BCUT2D eigenvalue weighted by molar-refractivity contribution is 7.21. The van der Waals surface area contributed by atoms with Gasteiger partial charge in [0.15, 0.2) is 34.1 Å². The maximum atomic E-state index is 6.78. The monoisotopic (exact) mass is 725 g/mol. The third-order valence-electron chi connectivity index (χ3n) is 10.0. The molecule has 0 atom stereocenters. The molecule has 7 aromatic carbocycles. The Kier molecular flexibility index (Phi) is 7.21. The van der Waals surface area contributed by atoms with Crippen molar-refractivity contribution in [1.29, 1.82) is 0 Å². The van der Waals surface area contributed by atoms with Crippen molar-refractivity contribution in [3.63, 3.8) is 0 Å². The van der Waals surface area contributed by atoms with Crippen LogP contribution in [0.2, 0.25) is 0 Å². The summed E-state index contributed by atoms with van der Waals surface area (Å²) in [6.45, 7) is 0. The van der Waals surface area contributed by atoms with E-state index in [1.54, 1.807) is 11.3 Å². The molecule has 0 amide bonds. The van der Waals surface area contributed by atoms with E-state index in [0.29, 0.717) is 17.5 Å². The number of nitrogens with one attached hydrogen (secondary N) is 1. The number of hydrogen-bond acceptors (Lipinski definition) is 6. The molecule has 0 saturated heterocycles. The van der Waals surface area contributed by atoms with E-state index in [1.807, 2.05) is 60.7 Å². The lowest BCUT2D eigenvalue weighted by molar-refractivity contribution is -0.554. The number of hydrogen-bond donors (Lipinski definition) is 1. The molecule has 55 heavy (non-hydrogen) atoms. The first-order valence-corrected chi connectivity index (χ1v) is 18.9. The number of rotatable bonds is 6. The van der Waals surface area contributed by atoms with Gasteiger partial charge in [0, 0.05) is 33.0 Å². The smallest absolute Gasteiger partial charge is 0.296 e. The average molecular weight is 726 g/mol. The van der Waals surface area contributed by atoms with E-state index in [1.165, 1.54) is 4.70 Å². The lowest BCUT2D eigenvalue weighted by Gasteiger charge is -2.09. The van der Waals surface area contributed by atoms with Crippen LogP contribution in [0.1, 0.15) is 0 Å². The Labute approximate surface area is 318 Å². The number of thiazole rings is 1. The van der Waals surface area contributed by atoms with Crippen LogP contribution in [0.4, 0.5) is 0 Å². The van der Waals surface area contributed by atoms with Gasteiger partial charge in [-0.2, -0.15) is 4.57 Å². The van der Waals surface area contributed by atoms with Crippen molar-refractivity contribution in [3.05, 3.63) is 170 Å². The molecule has 0 saturated carbocycles. The summed E-state index contributed by atoms with van der Waals surface area (Å²) in [6.07, 6.45) is 0. The fraction of sp³-hybridized carbons (Fsp3) is 0. The Morgan fingerprint density at radius 3 is 1.98 bits per heavy atom. The molecule has 258 valence electrons.